The molecular formula is C9H16O3. The van der Waals surface area contributed by atoms with Crippen LogP contribution in [0.25, 0.3) is 0 Å². The van der Waals surface area contributed by atoms with Crippen molar-refractivity contribution in [2.24, 2.45) is 0 Å². The van der Waals surface area contributed by atoms with Crippen molar-refractivity contribution in [1.29, 1.82) is 0 Å². The summed E-state index contributed by atoms with van der Waals surface area (Å²) in [6.45, 7) is 0. The van der Waals surface area contributed by atoms with Crippen molar-refractivity contribution in [2.45, 2.75) is 43.7 Å². The molecule has 1 saturated carbocycles. The van der Waals surface area contributed by atoms with Gasteiger partial charge in [-0.1, -0.05) is 19.3 Å². The number of epoxide rings is 1. The molecule has 1 spiro atoms. The molecule has 2 aliphatic rings. The Bertz CT molecular complexity index is 169. The van der Waals surface area contributed by atoms with Gasteiger partial charge < -0.3 is 14.2 Å². The summed E-state index contributed by atoms with van der Waals surface area (Å²) >= 11 is 0. The maximum atomic E-state index is 5.59. The van der Waals surface area contributed by atoms with Crippen molar-refractivity contribution in [1.82, 2.24) is 0 Å². The smallest absolute Gasteiger partial charge is 0.314 e. The van der Waals surface area contributed by atoms with Crippen LogP contribution in [0.15, 0.2) is 0 Å². The third-order valence-electron chi connectivity index (χ3n) is 3.04. The monoisotopic (exact) mass is 172 g/mol. The van der Waals surface area contributed by atoms with Crippen LogP contribution in [-0.4, -0.2) is 25.8 Å². The Morgan fingerprint density at radius 1 is 1.00 bits per heavy atom. The molecule has 1 heterocycles. The molecule has 0 atom stereocenters. The molecule has 1 saturated heterocycles. The Balaban J connectivity index is 2.05. The summed E-state index contributed by atoms with van der Waals surface area (Å²) in [7, 11) is 3.29. The first-order chi connectivity index (χ1) is 5.79. The lowest BCUT2D eigenvalue weighted by Crippen LogP contribution is -2.31. The first kappa shape index (κ1) is 8.48. The molecule has 0 bridgehead atoms. The van der Waals surface area contributed by atoms with Gasteiger partial charge in [-0.05, 0) is 12.8 Å². The Kier molecular flexibility index (Phi) is 1.90. The Labute approximate surface area is 73.0 Å². The van der Waals surface area contributed by atoms with Crippen LogP contribution >= 0.6 is 0 Å². The largest absolute Gasteiger partial charge is 0.329 e. The first-order valence-corrected chi connectivity index (χ1v) is 4.59. The number of rotatable bonds is 2. The summed E-state index contributed by atoms with van der Waals surface area (Å²) in [6.07, 6.45) is 5.93. The third kappa shape index (κ3) is 0.934. The number of hydrogen-bond donors (Lipinski definition) is 0. The average Bonchev–Trinajstić information content (AvgIpc) is 2.75. The second kappa shape index (κ2) is 2.69. The van der Waals surface area contributed by atoms with Crippen molar-refractivity contribution < 1.29 is 14.2 Å². The molecule has 70 valence electrons. The van der Waals surface area contributed by atoms with Gasteiger partial charge in [-0.15, -0.1) is 0 Å². The molecular weight excluding hydrogens is 156 g/mol. The second-order valence-electron chi connectivity index (χ2n) is 3.62. The molecule has 2 fully saturated rings. The molecule has 0 aromatic heterocycles. The van der Waals surface area contributed by atoms with Crippen LogP contribution in [0.3, 0.4) is 0 Å². The summed E-state index contributed by atoms with van der Waals surface area (Å²) in [4.78, 5) is 0. The summed E-state index contributed by atoms with van der Waals surface area (Å²) in [5.74, 6) is -0.701. The number of ether oxygens (including phenoxy) is 3. The minimum atomic E-state index is -0.701. The van der Waals surface area contributed by atoms with Gasteiger partial charge in [0, 0.05) is 14.2 Å². The van der Waals surface area contributed by atoms with E-state index in [-0.39, 0.29) is 5.60 Å². The van der Waals surface area contributed by atoms with E-state index in [0.29, 0.717) is 0 Å². The van der Waals surface area contributed by atoms with Gasteiger partial charge in [0.05, 0.1) is 0 Å². The molecule has 0 radical (unpaired) electrons. The lowest BCUT2D eigenvalue weighted by Gasteiger charge is -2.20. The van der Waals surface area contributed by atoms with Crippen molar-refractivity contribution in [3.05, 3.63) is 0 Å². The van der Waals surface area contributed by atoms with E-state index in [1.165, 1.54) is 19.3 Å². The minimum Gasteiger partial charge on any atom is -0.329 e. The van der Waals surface area contributed by atoms with E-state index in [4.69, 9.17) is 14.2 Å². The van der Waals surface area contributed by atoms with E-state index in [9.17, 15) is 0 Å². The van der Waals surface area contributed by atoms with Crippen LogP contribution < -0.4 is 0 Å². The van der Waals surface area contributed by atoms with Crippen molar-refractivity contribution >= 4 is 0 Å². The van der Waals surface area contributed by atoms with E-state index in [1.807, 2.05) is 0 Å². The SMILES string of the molecule is COC1(OC)OC12CCCCC2. The molecule has 0 aromatic rings. The van der Waals surface area contributed by atoms with Gasteiger partial charge in [-0.25, -0.2) is 0 Å². The molecule has 1 aliphatic heterocycles. The van der Waals surface area contributed by atoms with E-state index in [2.05, 4.69) is 0 Å². The fourth-order valence-corrected chi connectivity index (χ4v) is 2.30. The highest BCUT2D eigenvalue weighted by Gasteiger charge is 2.72. The van der Waals surface area contributed by atoms with Crippen LogP contribution in [-0.2, 0) is 14.2 Å². The summed E-state index contributed by atoms with van der Waals surface area (Å²) in [5, 5.41) is 0. The van der Waals surface area contributed by atoms with Crippen LogP contribution in [0.5, 0.6) is 0 Å². The Morgan fingerprint density at radius 3 is 2.00 bits per heavy atom. The second-order valence-corrected chi connectivity index (χ2v) is 3.62. The maximum absolute atomic E-state index is 5.59. The predicted octanol–water partition coefficient (Wildman–Crippen LogP) is 1.67. The normalized spacial score (nSPS) is 30.5. The van der Waals surface area contributed by atoms with E-state index in [1.54, 1.807) is 14.2 Å². The van der Waals surface area contributed by atoms with Crippen molar-refractivity contribution in [3.63, 3.8) is 0 Å². The minimum absolute atomic E-state index is 0.102. The standard InChI is InChI=1S/C9H16O3/c1-10-9(11-2)8(12-9)6-4-3-5-7-8/h3-7H2,1-2H3. The summed E-state index contributed by atoms with van der Waals surface area (Å²) in [6, 6.07) is 0. The lowest BCUT2D eigenvalue weighted by molar-refractivity contribution is -0.199. The average molecular weight is 172 g/mol. The quantitative estimate of drug-likeness (QED) is 0.469. The Morgan fingerprint density at radius 2 is 1.58 bits per heavy atom. The molecule has 0 unspecified atom stereocenters. The molecule has 0 N–H and O–H groups in total. The molecule has 3 heteroatoms. The highest BCUT2D eigenvalue weighted by molar-refractivity contribution is 5.05. The maximum Gasteiger partial charge on any atom is 0.314 e. The number of hydrogen-bond acceptors (Lipinski definition) is 3. The van der Waals surface area contributed by atoms with Gasteiger partial charge in [-0.3, -0.25) is 0 Å². The fourth-order valence-electron chi connectivity index (χ4n) is 2.30. The molecule has 3 nitrogen and oxygen atoms in total. The van der Waals surface area contributed by atoms with E-state index in [0.717, 1.165) is 12.8 Å². The first-order valence-electron chi connectivity index (χ1n) is 4.59. The van der Waals surface area contributed by atoms with E-state index >= 15 is 0 Å². The zero-order chi connectivity index (χ0) is 8.66. The van der Waals surface area contributed by atoms with Gasteiger partial charge >= 0.3 is 5.97 Å². The molecule has 12 heavy (non-hydrogen) atoms. The zero-order valence-electron chi connectivity index (χ0n) is 7.76. The van der Waals surface area contributed by atoms with Gasteiger partial charge in [0.15, 0.2) is 5.60 Å². The van der Waals surface area contributed by atoms with Gasteiger partial charge in [0.25, 0.3) is 0 Å². The number of methoxy groups -OCH3 is 2. The third-order valence-corrected chi connectivity index (χ3v) is 3.04. The highest BCUT2D eigenvalue weighted by atomic mass is 17.0. The topological polar surface area (TPSA) is 31.0 Å². The van der Waals surface area contributed by atoms with Crippen molar-refractivity contribution in [2.75, 3.05) is 14.2 Å². The van der Waals surface area contributed by atoms with Crippen LogP contribution in [0, 0.1) is 0 Å². The van der Waals surface area contributed by atoms with Gasteiger partial charge in [0.2, 0.25) is 0 Å². The molecule has 0 aromatic carbocycles. The van der Waals surface area contributed by atoms with Gasteiger partial charge in [0.1, 0.15) is 0 Å². The van der Waals surface area contributed by atoms with Crippen LogP contribution in [0.1, 0.15) is 32.1 Å². The molecule has 1 aliphatic carbocycles. The summed E-state index contributed by atoms with van der Waals surface area (Å²) in [5.41, 5.74) is -0.102. The predicted molar refractivity (Wildman–Crippen MR) is 43.7 cm³/mol. The van der Waals surface area contributed by atoms with Crippen LogP contribution in [0.2, 0.25) is 0 Å². The summed E-state index contributed by atoms with van der Waals surface area (Å²) < 4.78 is 16.1. The fraction of sp³-hybridized carbons (Fsp3) is 1.00. The van der Waals surface area contributed by atoms with Gasteiger partial charge in [-0.2, -0.15) is 0 Å². The van der Waals surface area contributed by atoms with E-state index < -0.39 is 5.97 Å². The van der Waals surface area contributed by atoms with Crippen molar-refractivity contribution in [3.8, 4) is 0 Å². The van der Waals surface area contributed by atoms with Crippen LogP contribution in [0.4, 0.5) is 0 Å². The molecule has 2 rings (SSSR count). The lowest BCUT2D eigenvalue weighted by atomic mass is 9.88. The highest BCUT2D eigenvalue weighted by Crippen LogP contribution is 2.57. The molecule has 0 amide bonds. The zero-order valence-corrected chi connectivity index (χ0v) is 7.76. The Hall–Kier alpha value is -0.120.